The first-order valence-corrected chi connectivity index (χ1v) is 10.9. The minimum atomic E-state index is -3.75. The smallest absolute Gasteiger partial charge is 0.240 e. The zero-order valence-electron chi connectivity index (χ0n) is 13.7. The van der Waals surface area contributed by atoms with Gasteiger partial charge in [0.15, 0.2) is 9.84 Å². The molecule has 1 heterocycles. The average molecular weight is 361 g/mol. The number of hydrogen-bond donors (Lipinski definition) is 2. The van der Waals surface area contributed by atoms with E-state index in [0.717, 1.165) is 32.2 Å². The minimum Gasteiger partial charge on any atom is -0.317 e. The summed E-state index contributed by atoms with van der Waals surface area (Å²) in [4.78, 5) is 0.0366. The van der Waals surface area contributed by atoms with Crippen LogP contribution in [0.5, 0.6) is 0 Å². The van der Waals surface area contributed by atoms with E-state index in [4.69, 9.17) is 0 Å². The second-order valence-electron chi connectivity index (χ2n) is 6.58. The highest BCUT2D eigenvalue weighted by Crippen LogP contribution is 2.28. The van der Waals surface area contributed by atoms with Gasteiger partial charge in [-0.05, 0) is 56.0 Å². The van der Waals surface area contributed by atoms with E-state index in [2.05, 4.69) is 17.0 Å². The Morgan fingerprint density at radius 3 is 2.35 bits per heavy atom. The van der Waals surface area contributed by atoms with E-state index in [0.29, 0.717) is 12.1 Å². The van der Waals surface area contributed by atoms with E-state index in [1.54, 1.807) is 6.92 Å². The summed E-state index contributed by atoms with van der Waals surface area (Å²) in [5, 5.41) is 3.26. The molecule has 6 nitrogen and oxygen atoms in total. The third-order valence-corrected chi connectivity index (χ3v) is 7.03. The molecule has 1 aromatic carbocycles. The first-order valence-electron chi connectivity index (χ1n) is 7.55. The van der Waals surface area contributed by atoms with Crippen LogP contribution < -0.4 is 10.0 Å². The van der Waals surface area contributed by atoms with Crippen LogP contribution in [0.25, 0.3) is 0 Å². The quantitative estimate of drug-likeness (QED) is 0.819. The van der Waals surface area contributed by atoms with Gasteiger partial charge in [0.25, 0.3) is 0 Å². The Balaban J connectivity index is 2.25. The number of rotatable bonds is 5. The molecule has 23 heavy (non-hydrogen) atoms. The predicted octanol–water partition coefficient (Wildman–Crippen LogP) is 1.07. The molecule has 0 radical (unpaired) electrons. The van der Waals surface area contributed by atoms with Gasteiger partial charge in [0.2, 0.25) is 10.0 Å². The zero-order valence-corrected chi connectivity index (χ0v) is 15.4. The van der Waals surface area contributed by atoms with Crippen LogP contribution >= 0.6 is 0 Å². The lowest BCUT2D eigenvalue weighted by molar-refractivity contribution is 0.232. The minimum absolute atomic E-state index is 0.0107. The number of sulfonamides is 1. The van der Waals surface area contributed by atoms with Gasteiger partial charge in [-0.3, -0.25) is 0 Å². The molecule has 2 N–H and O–H groups in total. The molecule has 2 rings (SSSR count). The molecule has 1 aliphatic rings. The maximum absolute atomic E-state index is 12.6. The summed E-state index contributed by atoms with van der Waals surface area (Å²) in [5.41, 5.74) is 0.445. The van der Waals surface area contributed by atoms with Gasteiger partial charge in [-0.15, -0.1) is 0 Å². The van der Waals surface area contributed by atoms with Crippen LogP contribution in [0.15, 0.2) is 28.0 Å². The fourth-order valence-corrected chi connectivity index (χ4v) is 4.84. The Morgan fingerprint density at radius 2 is 1.78 bits per heavy atom. The molecule has 130 valence electrons. The van der Waals surface area contributed by atoms with Gasteiger partial charge in [0.05, 0.1) is 9.79 Å². The van der Waals surface area contributed by atoms with Crippen LogP contribution in [0.2, 0.25) is 0 Å². The molecule has 1 saturated heterocycles. The molecular formula is C15H24N2O4S2. The highest BCUT2D eigenvalue weighted by molar-refractivity contribution is 7.91. The Labute approximate surface area is 138 Å². The van der Waals surface area contributed by atoms with Crippen molar-refractivity contribution in [3.63, 3.8) is 0 Å². The van der Waals surface area contributed by atoms with Gasteiger partial charge in [-0.25, -0.2) is 21.6 Å². The Bertz CT molecular complexity index is 780. The summed E-state index contributed by atoms with van der Waals surface area (Å²) in [6.07, 6.45) is 2.87. The lowest BCUT2D eigenvalue weighted by Gasteiger charge is -2.34. The predicted molar refractivity (Wildman–Crippen MR) is 89.7 cm³/mol. The maximum atomic E-state index is 12.6. The lowest BCUT2D eigenvalue weighted by Crippen LogP contribution is -2.43. The number of nitrogens with one attached hydrogen (secondary N) is 2. The standard InChI is InChI=1S/C15H24N2O4S2/c1-12-4-5-13(22(3,18)19)10-14(12)23(20,21)17-11-15(2)6-8-16-9-7-15/h4-5,10,16-17H,6-9,11H2,1-3H3. The molecule has 0 saturated carbocycles. The van der Waals surface area contributed by atoms with E-state index in [1.807, 2.05) is 0 Å². The zero-order chi connectivity index (χ0) is 17.3. The van der Waals surface area contributed by atoms with E-state index in [1.165, 1.54) is 18.2 Å². The molecule has 0 aromatic heterocycles. The first kappa shape index (κ1) is 18.4. The van der Waals surface area contributed by atoms with E-state index >= 15 is 0 Å². The molecule has 0 spiro atoms. The third-order valence-electron chi connectivity index (χ3n) is 4.38. The normalized spacial score (nSPS) is 18.7. The molecule has 1 aromatic rings. The van der Waals surface area contributed by atoms with Crippen molar-refractivity contribution in [3.05, 3.63) is 23.8 Å². The molecule has 8 heteroatoms. The Morgan fingerprint density at radius 1 is 1.17 bits per heavy atom. The largest absolute Gasteiger partial charge is 0.317 e. The van der Waals surface area contributed by atoms with Crippen molar-refractivity contribution < 1.29 is 16.8 Å². The monoisotopic (exact) mass is 360 g/mol. The maximum Gasteiger partial charge on any atom is 0.240 e. The SMILES string of the molecule is Cc1ccc(S(C)(=O)=O)cc1S(=O)(=O)NCC1(C)CCNCC1. The van der Waals surface area contributed by atoms with Gasteiger partial charge in [0.1, 0.15) is 0 Å². The Hall–Kier alpha value is -0.960. The van der Waals surface area contributed by atoms with Crippen LogP contribution in [0.4, 0.5) is 0 Å². The van der Waals surface area contributed by atoms with Crippen molar-refractivity contribution in [1.29, 1.82) is 0 Å². The summed E-state index contributed by atoms with van der Waals surface area (Å²) in [7, 11) is -7.20. The van der Waals surface area contributed by atoms with Crippen molar-refractivity contribution >= 4 is 19.9 Å². The van der Waals surface area contributed by atoms with Crippen molar-refractivity contribution in [2.75, 3.05) is 25.9 Å². The van der Waals surface area contributed by atoms with Crippen molar-refractivity contribution in [3.8, 4) is 0 Å². The van der Waals surface area contributed by atoms with Crippen LogP contribution in [0.3, 0.4) is 0 Å². The van der Waals surface area contributed by atoms with Crippen LogP contribution in [0, 0.1) is 12.3 Å². The van der Waals surface area contributed by atoms with Crippen LogP contribution in [-0.2, 0) is 19.9 Å². The topological polar surface area (TPSA) is 92.3 Å². The van der Waals surface area contributed by atoms with Gasteiger partial charge in [-0.2, -0.15) is 0 Å². The second-order valence-corrected chi connectivity index (χ2v) is 10.3. The molecule has 1 aliphatic heterocycles. The third kappa shape index (κ3) is 4.53. The number of hydrogen-bond acceptors (Lipinski definition) is 5. The molecule has 0 amide bonds. The summed E-state index contributed by atoms with van der Waals surface area (Å²) >= 11 is 0. The molecule has 1 fully saturated rings. The summed E-state index contributed by atoms with van der Waals surface area (Å²) < 4.78 is 51.2. The van der Waals surface area contributed by atoms with Crippen molar-refractivity contribution in [2.24, 2.45) is 5.41 Å². The molecule has 0 bridgehead atoms. The first-order chi connectivity index (χ1) is 10.5. The van der Waals surface area contributed by atoms with Crippen molar-refractivity contribution in [2.45, 2.75) is 36.5 Å². The van der Waals surface area contributed by atoms with E-state index in [9.17, 15) is 16.8 Å². The summed E-state index contributed by atoms with van der Waals surface area (Å²) in [6.45, 7) is 5.82. The highest BCUT2D eigenvalue weighted by Gasteiger charge is 2.29. The van der Waals surface area contributed by atoms with Crippen LogP contribution in [-0.4, -0.2) is 42.7 Å². The lowest BCUT2D eigenvalue weighted by atomic mass is 9.81. The second kappa shape index (κ2) is 6.51. The van der Waals surface area contributed by atoms with Gasteiger partial charge >= 0.3 is 0 Å². The average Bonchev–Trinajstić information content (AvgIpc) is 2.45. The number of aryl methyl sites for hydroxylation is 1. The van der Waals surface area contributed by atoms with Gasteiger partial charge in [-0.1, -0.05) is 13.0 Å². The van der Waals surface area contributed by atoms with Crippen molar-refractivity contribution in [1.82, 2.24) is 10.0 Å². The fourth-order valence-electron chi connectivity index (χ4n) is 2.65. The van der Waals surface area contributed by atoms with Gasteiger partial charge < -0.3 is 5.32 Å². The summed E-state index contributed by atoms with van der Waals surface area (Å²) in [6, 6.07) is 4.19. The molecule has 0 aliphatic carbocycles. The number of sulfone groups is 1. The summed E-state index contributed by atoms with van der Waals surface area (Å²) in [5.74, 6) is 0. The molecule has 0 unspecified atom stereocenters. The highest BCUT2D eigenvalue weighted by atomic mass is 32.2. The fraction of sp³-hybridized carbons (Fsp3) is 0.600. The molecular weight excluding hydrogens is 336 g/mol. The van der Waals surface area contributed by atoms with Crippen LogP contribution in [0.1, 0.15) is 25.3 Å². The number of piperidine rings is 1. The molecule has 0 atom stereocenters. The number of benzene rings is 1. The van der Waals surface area contributed by atoms with E-state index < -0.39 is 19.9 Å². The van der Waals surface area contributed by atoms with Gasteiger partial charge in [0, 0.05) is 12.8 Å². The van der Waals surface area contributed by atoms with E-state index in [-0.39, 0.29) is 15.2 Å². The Kier molecular flexibility index (Phi) is 5.20.